The van der Waals surface area contributed by atoms with E-state index in [4.69, 9.17) is 9.47 Å². The molecule has 0 amide bonds. The van der Waals surface area contributed by atoms with Gasteiger partial charge in [0.25, 0.3) is 0 Å². The second-order valence-corrected chi connectivity index (χ2v) is 4.99. The minimum Gasteiger partial charge on any atom is -0.508 e. The Hall–Kier alpha value is -1.03. The number of ether oxygens (including phenoxy) is 2. The van der Waals surface area contributed by atoms with E-state index in [2.05, 4.69) is 0 Å². The van der Waals surface area contributed by atoms with Crippen LogP contribution in [0.15, 0.2) is 18.2 Å². The van der Waals surface area contributed by atoms with Gasteiger partial charge in [0.2, 0.25) is 0 Å². The van der Waals surface area contributed by atoms with Crippen LogP contribution in [0.4, 0.5) is 0 Å². The first-order valence-corrected chi connectivity index (χ1v) is 6.56. The van der Waals surface area contributed by atoms with Gasteiger partial charge in [-0.1, -0.05) is 0 Å². The van der Waals surface area contributed by atoms with E-state index in [0.717, 1.165) is 30.1 Å². The van der Waals surface area contributed by atoms with Crippen molar-refractivity contribution in [2.24, 2.45) is 0 Å². The Labute approximate surface area is 99.8 Å². The molecule has 0 aliphatic carbocycles. The van der Waals surface area contributed by atoms with Gasteiger partial charge in [-0.05, 0) is 36.5 Å². The maximum absolute atomic E-state index is 9.34. The zero-order valence-corrected chi connectivity index (χ0v) is 10.1. The molecule has 0 unspecified atom stereocenters. The highest BCUT2D eigenvalue weighted by molar-refractivity contribution is 7.99. The van der Waals surface area contributed by atoms with Crippen LogP contribution in [0, 0.1) is 0 Å². The molecule has 1 aromatic rings. The number of benzene rings is 1. The molecule has 0 aromatic heterocycles. The van der Waals surface area contributed by atoms with Crippen molar-refractivity contribution in [3.63, 3.8) is 0 Å². The Morgan fingerprint density at radius 3 is 2.69 bits per heavy atom. The van der Waals surface area contributed by atoms with E-state index in [-0.39, 0.29) is 11.9 Å². The van der Waals surface area contributed by atoms with Crippen molar-refractivity contribution in [2.45, 2.75) is 18.9 Å². The molecular weight excluding hydrogens is 224 g/mol. The van der Waals surface area contributed by atoms with Gasteiger partial charge in [0, 0.05) is 6.07 Å². The predicted molar refractivity (Wildman–Crippen MR) is 65.6 cm³/mol. The molecule has 1 aliphatic rings. The predicted octanol–water partition coefficient (Wildman–Crippen LogP) is 2.68. The summed E-state index contributed by atoms with van der Waals surface area (Å²) in [6, 6.07) is 4.96. The average molecular weight is 240 g/mol. The molecule has 1 N–H and O–H groups in total. The largest absolute Gasteiger partial charge is 0.508 e. The Bertz CT molecular complexity index is 348. The third kappa shape index (κ3) is 2.76. The van der Waals surface area contributed by atoms with Crippen LogP contribution in [0.3, 0.4) is 0 Å². The van der Waals surface area contributed by atoms with Crippen molar-refractivity contribution in [3.8, 4) is 17.2 Å². The molecule has 1 saturated heterocycles. The molecule has 0 spiro atoms. The molecule has 0 radical (unpaired) electrons. The normalized spacial score (nSPS) is 17.1. The second kappa shape index (κ2) is 5.34. The van der Waals surface area contributed by atoms with E-state index in [0.29, 0.717) is 5.75 Å². The third-order valence-corrected chi connectivity index (χ3v) is 3.66. The van der Waals surface area contributed by atoms with Gasteiger partial charge in [-0.25, -0.2) is 0 Å². The number of hydrogen-bond donors (Lipinski definition) is 1. The van der Waals surface area contributed by atoms with Gasteiger partial charge in [0.15, 0.2) is 11.5 Å². The van der Waals surface area contributed by atoms with Gasteiger partial charge < -0.3 is 14.6 Å². The highest BCUT2D eigenvalue weighted by Gasteiger charge is 2.17. The summed E-state index contributed by atoms with van der Waals surface area (Å²) in [5.74, 6) is 3.83. The van der Waals surface area contributed by atoms with Crippen LogP contribution in [0.1, 0.15) is 12.8 Å². The molecule has 88 valence electrons. The Balaban J connectivity index is 2.07. The zero-order chi connectivity index (χ0) is 11.4. The van der Waals surface area contributed by atoms with E-state index < -0.39 is 0 Å². The number of phenols is 1. The van der Waals surface area contributed by atoms with Gasteiger partial charge in [0.05, 0.1) is 7.11 Å². The summed E-state index contributed by atoms with van der Waals surface area (Å²) in [6.07, 6.45) is 2.43. The van der Waals surface area contributed by atoms with Crippen molar-refractivity contribution >= 4 is 11.8 Å². The molecule has 0 atom stereocenters. The topological polar surface area (TPSA) is 38.7 Å². The standard InChI is InChI=1S/C12H16O3S/c1-14-12-8-9(13)2-3-11(12)15-10-4-6-16-7-5-10/h2-3,8,10,13H,4-7H2,1H3. The molecule has 2 rings (SSSR count). The quantitative estimate of drug-likeness (QED) is 0.881. The van der Waals surface area contributed by atoms with Crippen LogP contribution in [0.25, 0.3) is 0 Å². The summed E-state index contributed by atoms with van der Waals surface area (Å²) in [7, 11) is 1.58. The van der Waals surface area contributed by atoms with Crippen LogP contribution >= 0.6 is 11.8 Å². The molecular formula is C12H16O3S. The van der Waals surface area contributed by atoms with Crippen molar-refractivity contribution in [3.05, 3.63) is 18.2 Å². The van der Waals surface area contributed by atoms with Crippen molar-refractivity contribution in [1.82, 2.24) is 0 Å². The van der Waals surface area contributed by atoms with E-state index in [1.165, 1.54) is 0 Å². The number of thioether (sulfide) groups is 1. The van der Waals surface area contributed by atoms with Crippen LogP contribution in [-0.4, -0.2) is 29.8 Å². The van der Waals surface area contributed by atoms with E-state index in [1.54, 1.807) is 25.3 Å². The summed E-state index contributed by atoms with van der Waals surface area (Å²) in [6.45, 7) is 0. The van der Waals surface area contributed by atoms with Crippen LogP contribution < -0.4 is 9.47 Å². The summed E-state index contributed by atoms with van der Waals surface area (Å²) in [5, 5.41) is 9.34. The number of hydrogen-bond acceptors (Lipinski definition) is 4. The van der Waals surface area contributed by atoms with Gasteiger partial charge in [-0.2, -0.15) is 11.8 Å². The molecule has 0 saturated carbocycles. The molecule has 3 nitrogen and oxygen atoms in total. The molecule has 16 heavy (non-hydrogen) atoms. The second-order valence-electron chi connectivity index (χ2n) is 3.76. The number of aromatic hydroxyl groups is 1. The fraction of sp³-hybridized carbons (Fsp3) is 0.500. The summed E-state index contributed by atoms with van der Waals surface area (Å²) in [4.78, 5) is 0. The van der Waals surface area contributed by atoms with Gasteiger partial charge in [-0.3, -0.25) is 0 Å². The van der Waals surface area contributed by atoms with Crippen LogP contribution in [-0.2, 0) is 0 Å². The highest BCUT2D eigenvalue weighted by Crippen LogP contribution is 2.33. The minimum absolute atomic E-state index is 0.198. The van der Waals surface area contributed by atoms with E-state index in [1.807, 2.05) is 11.8 Å². The van der Waals surface area contributed by atoms with Crippen molar-refractivity contribution < 1.29 is 14.6 Å². The summed E-state index contributed by atoms with van der Waals surface area (Å²) >= 11 is 1.97. The lowest BCUT2D eigenvalue weighted by Gasteiger charge is -2.23. The molecule has 0 bridgehead atoms. The lowest BCUT2D eigenvalue weighted by molar-refractivity contribution is 0.184. The molecule has 1 fully saturated rings. The number of rotatable bonds is 3. The van der Waals surface area contributed by atoms with Gasteiger partial charge >= 0.3 is 0 Å². The lowest BCUT2D eigenvalue weighted by Crippen LogP contribution is -2.22. The average Bonchev–Trinajstić information content (AvgIpc) is 2.33. The first-order valence-electron chi connectivity index (χ1n) is 5.41. The lowest BCUT2D eigenvalue weighted by atomic mass is 10.2. The Morgan fingerprint density at radius 1 is 1.25 bits per heavy atom. The first-order chi connectivity index (χ1) is 7.79. The van der Waals surface area contributed by atoms with Gasteiger partial charge in [0.1, 0.15) is 11.9 Å². The van der Waals surface area contributed by atoms with E-state index >= 15 is 0 Å². The number of methoxy groups -OCH3 is 1. The van der Waals surface area contributed by atoms with E-state index in [9.17, 15) is 5.11 Å². The van der Waals surface area contributed by atoms with Crippen LogP contribution in [0.2, 0.25) is 0 Å². The molecule has 1 heterocycles. The SMILES string of the molecule is COc1cc(O)ccc1OC1CCSCC1. The number of phenolic OH excluding ortho intramolecular Hbond substituents is 1. The van der Waals surface area contributed by atoms with Crippen molar-refractivity contribution in [1.29, 1.82) is 0 Å². The Morgan fingerprint density at radius 2 is 2.00 bits per heavy atom. The van der Waals surface area contributed by atoms with Gasteiger partial charge in [-0.15, -0.1) is 0 Å². The Kier molecular flexibility index (Phi) is 3.83. The maximum Gasteiger partial charge on any atom is 0.164 e. The molecule has 4 heteroatoms. The monoisotopic (exact) mass is 240 g/mol. The maximum atomic E-state index is 9.34. The first kappa shape index (κ1) is 11.5. The fourth-order valence-corrected chi connectivity index (χ4v) is 2.79. The summed E-state index contributed by atoms with van der Waals surface area (Å²) < 4.78 is 11.1. The smallest absolute Gasteiger partial charge is 0.164 e. The minimum atomic E-state index is 0.198. The third-order valence-electron chi connectivity index (χ3n) is 2.61. The fourth-order valence-electron chi connectivity index (χ4n) is 1.73. The van der Waals surface area contributed by atoms with Crippen LogP contribution in [0.5, 0.6) is 17.2 Å². The molecule has 1 aliphatic heterocycles. The van der Waals surface area contributed by atoms with Crippen molar-refractivity contribution in [2.75, 3.05) is 18.6 Å². The highest BCUT2D eigenvalue weighted by atomic mass is 32.2. The molecule has 1 aromatic carbocycles. The zero-order valence-electron chi connectivity index (χ0n) is 9.31. The summed E-state index contributed by atoms with van der Waals surface area (Å²) in [5.41, 5.74) is 0.